The summed E-state index contributed by atoms with van der Waals surface area (Å²) in [7, 11) is 0. The van der Waals surface area contributed by atoms with Crippen LogP contribution in [0.1, 0.15) is 39.7 Å². The molecule has 13 nitrogen and oxygen atoms in total. The van der Waals surface area contributed by atoms with Gasteiger partial charge < -0.3 is 14.8 Å². The van der Waals surface area contributed by atoms with E-state index in [2.05, 4.69) is 235 Å². The van der Waals surface area contributed by atoms with Gasteiger partial charge in [0.15, 0.2) is 11.2 Å². The molecule has 0 bridgehead atoms. The van der Waals surface area contributed by atoms with Crippen LogP contribution in [0.2, 0.25) is 5.28 Å². The van der Waals surface area contributed by atoms with E-state index in [1.165, 1.54) is 58.2 Å². The molecule has 3 aromatic heterocycles. The van der Waals surface area contributed by atoms with Gasteiger partial charge in [0.25, 0.3) is 11.1 Å². The summed E-state index contributed by atoms with van der Waals surface area (Å²) >= 11 is 11.9. The second kappa shape index (κ2) is 54.6. The number of rotatable bonds is 14. The molecule has 0 unspecified atom stereocenters. The maximum absolute atomic E-state index is 12.5. The summed E-state index contributed by atoms with van der Waals surface area (Å²) in [4.78, 5) is 57.3. The van der Waals surface area contributed by atoms with Gasteiger partial charge in [-0.2, -0.15) is 151 Å². The third kappa shape index (κ3) is 31.4. The van der Waals surface area contributed by atoms with Gasteiger partial charge in [-0.25, -0.2) is 14.6 Å². The first-order valence-electron chi connectivity index (χ1n) is 36.4. The number of imidazole rings is 1. The molecular formula is C97H95Cl2N7O6Pd-4. The molecule has 113 heavy (non-hydrogen) atoms. The molecule has 16 rings (SSSR count). The van der Waals surface area contributed by atoms with Gasteiger partial charge in [-0.3, -0.25) is 27.9 Å². The van der Waals surface area contributed by atoms with Crippen molar-refractivity contribution in [1.29, 1.82) is 0 Å². The van der Waals surface area contributed by atoms with E-state index in [1.54, 1.807) is 13.0 Å². The summed E-state index contributed by atoms with van der Waals surface area (Å²) < 4.78 is 6.61. The van der Waals surface area contributed by atoms with Crippen molar-refractivity contribution in [2.75, 3.05) is 13.2 Å². The van der Waals surface area contributed by atoms with E-state index in [0.717, 1.165) is 9.13 Å². The zero-order valence-electron chi connectivity index (χ0n) is 62.7. The minimum Gasteiger partial charge on any atom is -0.396 e. The van der Waals surface area contributed by atoms with Crippen LogP contribution in [0.25, 0.3) is 55.7 Å². The van der Waals surface area contributed by atoms with Gasteiger partial charge in [0, 0.05) is 72.8 Å². The molecule has 0 saturated heterocycles. The third-order valence-corrected chi connectivity index (χ3v) is 16.6. The number of benzene rings is 12. The van der Waals surface area contributed by atoms with Gasteiger partial charge in [-0.05, 0) is 82.8 Å². The fourth-order valence-corrected chi connectivity index (χ4v) is 11.2. The Kier molecular flexibility index (Phi) is 44.3. The van der Waals surface area contributed by atoms with Crippen LogP contribution in [0.4, 0.5) is 5.82 Å². The normalized spacial score (nSPS) is 10.1. The smallest absolute Gasteiger partial charge is 0.332 e. The average molecular weight is 1630 g/mol. The van der Waals surface area contributed by atoms with Gasteiger partial charge in [0.1, 0.15) is 11.0 Å². The van der Waals surface area contributed by atoms with Crippen LogP contribution in [0.3, 0.4) is 0 Å². The van der Waals surface area contributed by atoms with Gasteiger partial charge in [-0.1, -0.05) is 268 Å². The molecule has 0 amide bonds. The topological polar surface area (TPSA) is 159 Å². The van der Waals surface area contributed by atoms with Gasteiger partial charge in [-0.15, -0.1) is 6.58 Å². The first kappa shape index (κ1) is 91.7. The van der Waals surface area contributed by atoms with Crippen LogP contribution < -0.4 is 22.5 Å². The predicted molar refractivity (Wildman–Crippen MR) is 465 cm³/mol. The van der Waals surface area contributed by atoms with E-state index in [1.807, 2.05) is 177 Å². The molecule has 4 heterocycles. The molecule has 0 saturated carbocycles. The Bertz CT molecular complexity index is 4590. The maximum Gasteiger partial charge on any atom is 0.332 e. The average Bonchev–Trinajstić information content (AvgIpc) is 1.63. The molecule has 1 aliphatic rings. The Labute approximate surface area is 688 Å². The SMILES string of the molecule is C.C=CCn1c(Cl)nc2c1c(=O)n(CCCO)c(=O)n2CC.CCn1c2c(c(=O)n(CCCO)c1=O)CC(Cl)=N2.[Pd].[c-]1ccccc1.[c-]1ccccc1.[c-]1ccccc1.[c-]1ccccc1.c1ccc(-c2ccccc2)cc1.c1ccc(-c2ccccc2)cc1.c1ccc(-c2ccccc2)cc1.c1ccc(-c2ccccc2)cc1. The first-order valence-corrected chi connectivity index (χ1v) is 37.2. The zero-order chi connectivity index (χ0) is 78.7. The molecule has 12 aromatic carbocycles. The standard InChI is InChI=1S/C13H17ClN4O3.4C12H10.C11H14ClN3O3.4C6H5.CH4.Pd/c1-3-6-17-9-10(15-12(17)14)16(4-2)13(21)18(11(9)20)7-5-8-19;4*1-3-7-11(8-4-1)12-9-5-2-6-10-12;1-2-14-9-7(6-8(12)13-9)10(17)15(11(14)18)4-3-5-16;4*1-2-4-6-5-3-1;;/h3,19H,1,4-8H2,2H3;4*1-10H;16H,2-6H2,1H3;4*1-5H;1H4;/q;;;;;;4*-1;;. The Balaban J connectivity index is 0.000000230. The number of hydrogen-bond donors (Lipinski definition) is 2. The van der Waals surface area contributed by atoms with Crippen molar-refractivity contribution < 1.29 is 30.6 Å². The number of aliphatic hydroxyl groups is 2. The monoisotopic (exact) mass is 1630 g/mol. The van der Waals surface area contributed by atoms with Crippen LogP contribution in [-0.4, -0.2) is 56.4 Å². The van der Waals surface area contributed by atoms with E-state index in [9.17, 15) is 19.2 Å². The van der Waals surface area contributed by atoms with Crippen LogP contribution in [0.5, 0.6) is 0 Å². The molecule has 0 aliphatic carbocycles. The van der Waals surface area contributed by atoms with Crippen LogP contribution in [-0.2, 0) is 59.6 Å². The van der Waals surface area contributed by atoms with Gasteiger partial charge >= 0.3 is 11.4 Å². The summed E-state index contributed by atoms with van der Waals surface area (Å²) in [6.07, 6.45) is 2.57. The second-order valence-corrected chi connectivity index (χ2v) is 24.6. The summed E-state index contributed by atoms with van der Waals surface area (Å²) in [5.74, 6) is 0.373. The Morgan fingerprint density at radius 3 is 0.867 bits per heavy atom. The number of aliphatic imine (C=N–C) groups is 1. The quantitative estimate of drug-likeness (QED) is 0.0475. The number of halogens is 2. The predicted octanol–water partition coefficient (Wildman–Crippen LogP) is 20.8. The van der Waals surface area contributed by atoms with E-state index < -0.39 is 16.9 Å². The van der Waals surface area contributed by atoms with Crippen molar-refractivity contribution in [1.82, 2.24) is 27.8 Å². The number of aromatic nitrogens is 6. The fourth-order valence-electron chi connectivity index (χ4n) is 10.7. The van der Waals surface area contributed by atoms with Crippen molar-refractivity contribution >= 4 is 45.4 Å². The first-order chi connectivity index (χ1) is 54.5. The molecule has 0 fully saturated rings. The Hall–Kier alpha value is -12.0. The molecule has 1 aliphatic heterocycles. The molecule has 0 atom stereocenters. The van der Waals surface area contributed by atoms with E-state index in [0.29, 0.717) is 49.0 Å². The number of aliphatic hydroxyl groups excluding tert-OH is 2. The Morgan fingerprint density at radius 2 is 0.637 bits per heavy atom. The van der Waals surface area contributed by atoms with E-state index in [4.69, 9.17) is 33.4 Å². The van der Waals surface area contributed by atoms with Gasteiger partial charge in [0.05, 0.1) is 5.56 Å². The number of hydrogen-bond acceptors (Lipinski definition) is 8. The number of aryl methyl sites for hydroxylation is 1. The third-order valence-electron chi connectivity index (χ3n) is 16.1. The maximum atomic E-state index is 12.5. The fraction of sp³-hybridized carbons (Fsp3) is 0.134. The zero-order valence-corrected chi connectivity index (χ0v) is 65.8. The van der Waals surface area contributed by atoms with Crippen molar-refractivity contribution in [2.45, 2.75) is 73.3 Å². The molecule has 0 radical (unpaired) electrons. The molecule has 15 aromatic rings. The van der Waals surface area contributed by atoms with Crippen LogP contribution in [0, 0.1) is 24.3 Å². The van der Waals surface area contributed by atoms with E-state index in [-0.39, 0.29) is 82.6 Å². The molecule has 16 heteroatoms. The molecule has 582 valence electrons. The minimum atomic E-state index is -0.450. The van der Waals surface area contributed by atoms with Crippen LogP contribution in [0.15, 0.2) is 401 Å². The van der Waals surface area contributed by atoms with Gasteiger partial charge in [0.2, 0.25) is 5.28 Å². The van der Waals surface area contributed by atoms with Crippen molar-refractivity contribution in [3.05, 3.63) is 453 Å². The molecular weight excluding hydrogens is 1540 g/mol. The largest absolute Gasteiger partial charge is 0.396 e. The summed E-state index contributed by atoms with van der Waals surface area (Å²) in [5, 5.41) is 18.2. The molecule has 2 N–H and O–H groups in total. The summed E-state index contributed by atoms with van der Waals surface area (Å²) in [6.45, 7) is 8.56. The summed E-state index contributed by atoms with van der Waals surface area (Å²) in [6, 6.07) is 133. The number of allylic oxidation sites excluding steroid dienone is 1. The van der Waals surface area contributed by atoms with Crippen molar-refractivity contribution in [3.8, 4) is 44.5 Å². The second-order valence-electron chi connectivity index (χ2n) is 23.8. The van der Waals surface area contributed by atoms with Crippen molar-refractivity contribution in [3.63, 3.8) is 0 Å². The number of fused-ring (bicyclic) bond motifs is 2. The summed E-state index contributed by atoms with van der Waals surface area (Å²) in [5.41, 5.74) is 9.58. The van der Waals surface area contributed by atoms with Crippen LogP contribution >= 0.6 is 23.2 Å². The minimum absolute atomic E-state index is 0. The Morgan fingerprint density at radius 1 is 0.381 bits per heavy atom. The van der Waals surface area contributed by atoms with E-state index >= 15 is 0 Å². The van der Waals surface area contributed by atoms with Crippen molar-refractivity contribution in [2.24, 2.45) is 4.99 Å². The number of nitrogens with zero attached hydrogens (tertiary/aromatic N) is 7. The molecule has 0 spiro atoms.